The van der Waals surface area contributed by atoms with Crippen LogP contribution in [0.2, 0.25) is 0 Å². The van der Waals surface area contributed by atoms with E-state index in [1.54, 1.807) is 0 Å². The largest absolute Gasteiger partial charge is 0.464 e. The summed E-state index contributed by atoms with van der Waals surface area (Å²) in [6.45, 7) is -1.89. The van der Waals surface area contributed by atoms with E-state index in [0.717, 1.165) is 13.8 Å². The van der Waals surface area contributed by atoms with Crippen LogP contribution in [0.4, 0.5) is 0 Å². The first-order valence-corrected chi connectivity index (χ1v) is 18.2. The van der Waals surface area contributed by atoms with E-state index in [1.165, 1.54) is 41.5 Å². The molecule has 0 aliphatic rings. The highest BCUT2D eigenvalue weighted by atomic mass is 16.6. The second-order valence-corrected chi connectivity index (χ2v) is 16.4. The zero-order chi connectivity index (χ0) is 45.4. The second-order valence-electron chi connectivity index (χ2n) is 16.4. The van der Waals surface area contributed by atoms with Crippen LogP contribution < -0.4 is 0 Å². The zero-order valence-electron chi connectivity index (χ0n) is 34.5. The number of aliphatic hydroxyl groups is 8. The first kappa shape index (κ1) is 54.2. The summed E-state index contributed by atoms with van der Waals surface area (Å²) >= 11 is 0. The van der Waals surface area contributed by atoms with Crippen LogP contribution in [0.15, 0.2) is 0 Å². The highest BCUT2D eigenvalue weighted by molar-refractivity contribution is 5.86. The molecule has 21 nitrogen and oxygen atoms in total. The lowest BCUT2D eigenvalue weighted by Gasteiger charge is -2.33. The number of Topliss-reactive ketones (excluding diaryl/α,β-unsaturated/α-hetero) is 1. The molecule has 0 aromatic rings. The molecule has 8 N–H and O–H groups in total. The maximum Gasteiger partial charge on any atom is 0.318 e. The van der Waals surface area contributed by atoms with Crippen molar-refractivity contribution >= 4 is 41.6 Å². The van der Waals surface area contributed by atoms with Crippen LogP contribution in [-0.4, -0.2) is 175 Å². The van der Waals surface area contributed by atoms with Gasteiger partial charge in [-0.1, -0.05) is 6.92 Å². The van der Waals surface area contributed by atoms with Crippen LogP contribution in [-0.2, 0) is 62.0 Å². The topological polar surface area (TPSA) is 337 Å². The molecule has 3 unspecified atom stereocenters. The van der Waals surface area contributed by atoms with Crippen LogP contribution in [0.25, 0.3) is 0 Å². The van der Waals surface area contributed by atoms with Crippen molar-refractivity contribution in [2.75, 3.05) is 92.5 Å². The van der Waals surface area contributed by atoms with Crippen molar-refractivity contribution < 1.29 is 103 Å². The molecule has 336 valence electrons. The van der Waals surface area contributed by atoms with Crippen LogP contribution in [0.3, 0.4) is 0 Å². The van der Waals surface area contributed by atoms with E-state index in [4.69, 9.17) is 28.4 Å². The van der Waals surface area contributed by atoms with E-state index in [0.29, 0.717) is 0 Å². The Kier molecular flexibility index (Phi) is 21.0. The number of esters is 6. The number of ether oxygens (including phenoxy) is 6. The van der Waals surface area contributed by atoms with Gasteiger partial charge in [-0.15, -0.1) is 0 Å². The average Bonchev–Trinajstić information content (AvgIpc) is 3.24. The van der Waals surface area contributed by atoms with Gasteiger partial charge in [-0.3, -0.25) is 33.6 Å². The number of hydrogen-bond acceptors (Lipinski definition) is 21. The molecule has 0 aliphatic carbocycles. The molecule has 0 aromatic heterocycles. The Balaban J connectivity index is 6.10. The van der Waals surface area contributed by atoms with Crippen LogP contribution in [0, 0.1) is 37.9 Å². The highest BCUT2D eigenvalue weighted by Gasteiger charge is 2.47. The van der Waals surface area contributed by atoms with E-state index in [1.807, 2.05) is 0 Å². The molecule has 3 atom stereocenters. The first-order valence-electron chi connectivity index (χ1n) is 18.2. The lowest BCUT2D eigenvalue weighted by Crippen LogP contribution is -2.48. The summed E-state index contributed by atoms with van der Waals surface area (Å²) in [5.41, 5.74) is -13.0. The third-order valence-electron chi connectivity index (χ3n) is 9.87. The minimum Gasteiger partial charge on any atom is -0.464 e. The third-order valence-corrected chi connectivity index (χ3v) is 9.87. The summed E-state index contributed by atoms with van der Waals surface area (Å²) in [7, 11) is 0. The fourth-order valence-corrected chi connectivity index (χ4v) is 4.06. The number of hydrogen-bond donors (Lipinski definition) is 8. The summed E-state index contributed by atoms with van der Waals surface area (Å²) in [6.07, 6.45) is -0.129. The molecule has 0 spiro atoms. The average molecular weight is 843 g/mol. The molecule has 0 bridgehead atoms. The molecule has 21 heteroatoms. The fourth-order valence-electron chi connectivity index (χ4n) is 4.06. The van der Waals surface area contributed by atoms with Gasteiger partial charge in [0.25, 0.3) is 0 Å². The summed E-state index contributed by atoms with van der Waals surface area (Å²) in [5.74, 6) is -7.49. The quantitative estimate of drug-likeness (QED) is 0.0291. The van der Waals surface area contributed by atoms with Gasteiger partial charge in [0, 0.05) is 6.42 Å². The molecular formula is C37H62O21. The molecule has 58 heavy (non-hydrogen) atoms. The van der Waals surface area contributed by atoms with Crippen LogP contribution in [0.5, 0.6) is 0 Å². The number of rotatable bonds is 28. The minimum atomic E-state index is -2.06. The molecule has 0 fully saturated rings. The van der Waals surface area contributed by atoms with Gasteiger partial charge in [-0.25, -0.2) is 0 Å². The Bertz CT molecular complexity index is 1380. The Morgan fingerprint density at radius 1 is 0.310 bits per heavy atom. The maximum absolute atomic E-state index is 13.5. The zero-order valence-corrected chi connectivity index (χ0v) is 34.5. The Morgan fingerprint density at radius 2 is 0.483 bits per heavy atom. The smallest absolute Gasteiger partial charge is 0.318 e. The SMILES string of the molecule is CCC(=O)C(C)(COC(=O)C(C)(CO)COC(=O)C(C)(CO)CO)COC(=O)C(C)(CO)COC(=O)C(C)(COC(=O)C(C)(CO)CO)COC(=O)C(C)(CO)CO. The molecule has 0 saturated carbocycles. The molecule has 0 aromatic carbocycles. The van der Waals surface area contributed by atoms with Gasteiger partial charge in [-0.05, 0) is 48.5 Å². The molecule has 0 radical (unpaired) electrons. The Hall–Kier alpha value is -3.83. The predicted octanol–water partition coefficient (Wildman–Crippen LogP) is -2.79. The van der Waals surface area contributed by atoms with E-state index in [-0.39, 0.29) is 6.42 Å². The van der Waals surface area contributed by atoms with Gasteiger partial charge >= 0.3 is 35.8 Å². The van der Waals surface area contributed by atoms with Crippen molar-refractivity contribution in [3.05, 3.63) is 0 Å². The Labute approximate surface area is 336 Å². The molecule has 0 heterocycles. The molecule has 0 amide bonds. The van der Waals surface area contributed by atoms with Crippen LogP contribution in [0.1, 0.15) is 61.8 Å². The second kappa shape index (κ2) is 22.5. The van der Waals surface area contributed by atoms with Crippen molar-refractivity contribution in [1.29, 1.82) is 0 Å². The van der Waals surface area contributed by atoms with E-state index in [9.17, 15) is 74.4 Å². The normalized spacial score (nSPS) is 15.4. The first-order chi connectivity index (χ1) is 26.7. The van der Waals surface area contributed by atoms with E-state index >= 15 is 0 Å². The standard InChI is InChI=1S/C37H62O21/c1-9-24(46)36(7,20-55-28(50)34(5,16-44)18-53-25(47)31(2,10-38)11-39)21-56-29(51)35(6,17-45)19-54-30(52)37(8,22-57-26(48)32(3,12-40)13-41)23-58-27(49)33(4,14-42)15-43/h38-45H,9-23H2,1-8H3. The third kappa shape index (κ3) is 13.6. The van der Waals surface area contributed by atoms with Crippen molar-refractivity contribution in [3.8, 4) is 0 Å². The molecule has 0 aliphatic heterocycles. The van der Waals surface area contributed by atoms with Crippen molar-refractivity contribution in [2.45, 2.75) is 61.8 Å². The monoisotopic (exact) mass is 842 g/mol. The Morgan fingerprint density at radius 3 is 0.690 bits per heavy atom. The summed E-state index contributed by atoms with van der Waals surface area (Å²) in [5, 5.41) is 77.3. The predicted molar refractivity (Wildman–Crippen MR) is 194 cm³/mol. The lowest BCUT2D eigenvalue weighted by molar-refractivity contribution is -0.183. The van der Waals surface area contributed by atoms with Crippen LogP contribution >= 0.6 is 0 Å². The summed E-state index contributed by atoms with van der Waals surface area (Å²) in [6, 6.07) is 0. The number of carbonyl (C=O) groups is 7. The van der Waals surface area contributed by atoms with Crippen molar-refractivity contribution in [3.63, 3.8) is 0 Å². The van der Waals surface area contributed by atoms with Gasteiger partial charge in [-0.2, -0.15) is 0 Å². The van der Waals surface area contributed by atoms with Gasteiger partial charge in [0.05, 0.1) is 58.3 Å². The molecular weight excluding hydrogens is 780 g/mol. The minimum absolute atomic E-state index is 0.129. The number of ketones is 1. The van der Waals surface area contributed by atoms with Gasteiger partial charge in [0.1, 0.15) is 77.9 Å². The maximum atomic E-state index is 13.5. The summed E-state index contributed by atoms with van der Waals surface area (Å²) in [4.78, 5) is 90.7. The highest BCUT2D eigenvalue weighted by Crippen LogP contribution is 2.30. The van der Waals surface area contributed by atoms with Crippen molar-refractivity contribution in [2.24, 2.45) is 37.9 Å². The van der Waals surface area contributed by atoms with Gasteiger partial charge in [0.15, 0.2) is 0 Å². The molecule has 0 rings (SSSR count). The number of aliphatic hydroxyl groups excluding tert-OH is 8. The van der Waals surface area contributed by atoms with E-state index in [2.05, 4.69) is 0 Å². The fraction of sp³-hybridized carbons (Fsp3) is 0.811. The van der Waals surface area contributed by atoms with Gasteiger partial charge < -0.3 is 69.3 Å². The van der Waals surface area contributed by atoms with E-state index < -0.39 is 172 Å². The van der Waals surface area contributed by atoms with Gasteiger partial charge in [0.2, 0.25) is 0 Å². The number of carbonyl (C=O) groups excluding carboxylic acids is 7. The molecule has 0 saturated heterocycles. The lowest BCUT2D eigenvalue weighted by atomic mass is 9.85. The van der Waals surface area contributed by atoms with Crippen molar-refractivity contribution in [1.82, 2.24) is 0 Å². The summed E-state index contributed by atoms with van der Waals surface area (Å²) < 4.78 is 31.4.